The number of carbonyl (C=O) groups excluding carboxylic acids is 1. The lowest BCUT2D eigenvalue weighted by molar-refractivity contribution is -0.116. The Bertz CT molecular complexity index is 482. The van der Waals surface area contributed by atoms with Gasteiger partial charge in [-0.1, -0.05) is 31.9 Å². The number of rotatable bonds is 7. The van der Waals surface area contributed by atoms with E-state index in [-0.39, 0.29) is 18.3 Å². The Morgan fingerprint density at radius 1 is 1.39 bits per heavy atom. The number of halogens is 1. The van der Waals surface area contributed by atoms with Crippen LogP contribution in [-0.2, 0) is 16.1 Å². The van der Waals surface area contributed by atoms with Crippen LogP contribution in [0.1, 0.15) is 51.0 Å². The highest BCUT2D eigenvalue weighted by Gasteiger charge is 2.19. The van der Waals surface area contributed by atoms with Gasteiger partial charge in [-0.05, 0) is 49.4 Å². The van der Waals surface area contributed by atoms with E-state index in [1.165, 1.54) is 19.3 Å². The van der Waals surface area contributed by atoms with E-state index < -0.39 is 0 Å². The molecule has 3 N–H and O–H groups in total. The maximum absolute atomic E-state index is 11.7. The summed E-state index contributed by atoms with van der Waals surface area (Å²) in [5.41, 5.74) is 7.36. The molecule has 2 atom stereocenters. The lowest BCUT2D eigenvalue weighted by Crippen LogP contribution is -2.21. The fourth-order valence-electron chi connectivity index (χ4n) is 2.97. The number of benzene rings is 1. The highest BCUT2D eigenvalue weighted by Crippen LogP contribution is 2.26. The van der Waals surface area contributed by atoms with Crippen LogP contribution in [0.4, 0.5) is 5.69 Å². The van der Waals surface area contributed by atoms with Gasteiger partial charge in [-0.25, -0.2) is 0 Å². The molecular weight excluding hydrogens is 312 g/mol. The highest BCUT2D eigenvalue weighted by molar-refractivity contribution is 5.90. The lowest BCUT2D eigenvalue weighted by Gasteiger charge is -2.26. The van der Waals surface area contributed by atoms with Gasteiger partial charge >= 0.3 is 0 Å². The molecule has 1 fully saturated rings. The molecule has 2 rings (SSSR count). The summed E-state index contributed by atoms with van der Waals surface area (Å²) in [6, 6.07) is 7.90. The minimum atomic E-state index is 0. The number of anilines is 1. The molecule has 0 saturated heterocycles. The molecule has 1 amide bonds. The van der Waals surface area contributed by atoms with E-state index >= 15 is 0 Å². The van der Waals surface area contributed by atoms with Crippen LogP contribution in [0.5, 0.6) is 0 Å². The fraction of sp³-hybridized carbons (Fsp3) is 0.611. The highest BCUT2D eigenvalue weighted by atomic mass is 35.5. The molecule has 1 aromatic carbocycles. The van der Waals surface area contributed by atoms with Crippen LogP contribution in [0.15, 0.2) is 24.3 Å². The molecule has 0 spiro atoms. The van der Waals surface area contributed by atoms with Gasteiger partial charge < -0.3 is 15.8 Å². The van der Waals surface area contributed by atoms with E-state index in [0.29, 0.717) is 32.1 Å². The maximum atomic E-state index is 11.7. The van der Waals surface area contributed by atoms with Gasteiger partial charge in [-0.3, -0.25) is 4.79 Å². The molecule has 0 aromatic heterocycles. The number of amides is 1. The topological polar surface area (TPSA) is 64.3 Å². The van der Waals surface area contributed by atoms with Crippen molar-refractivity contribution in [3.8, 4) is 0 Å². The number of nitrogens with two attached hydrogens (primary N) is 1. The molecule has 23 heavy (non-hydrogen) atoms. The van der Waals surface area contributed by atoms with Crippen LogP contribution in [0, 0.1) is 5.92 Å². The van der Waals surface area contributed by atoms with Gasteiger partial charge in [0, 0.05) is 12.1 Å². The van der Waals surface area contributed by atoms with E-state index in [9.17, 15) is 4.79 Å². The molecule has 130 valence electrons. The molecule has 1 saturated carbocycles. The van der Waals surface area contributed by atoms with Crippen molar-refractivity contribution >= 4 is 24.0 Å². The quantitative estimate of drug-likeness (QED) is 0.791. The first-order chi connectivity index (χ1) is 10.7. The van der Waals surface area contributed by atoms with Gasteiger partial charge in [-0.15, -0.1) is 12.4 Å². The summed E-state index contributed by atoms with van der Waals surface area (Å²) in [5.74, 6) is 0.788. The molecule has 5 heteroatoms. The van der Waals surface area contributed by atoms with Gasteiger partial charge in [0.05, 0.1) is 12.7 Å². The van der Waals surface area contributed by atoms with Gasteiger partial charge in [-0.2, -0.15) is 0 Å². The maximum Gasteiger partial charge on any atom is 0.224 e. The summed E-state index contributed by atoms with van der Waals surface area (Å²) in [6.07, 6.45) is 6.49. The van der Waals surface area contributed by atoms with Crippen molar-refractivity contribution in [3.05, 3.63) is 29.8 Å². The Hall–Kier alpha value is -1.10. The zero-order valence-corrected chi connectivity index (χ0v) is 14.7. The normalized spacial score (nSPS) is 20.6. The molecule has 0 aliphatic heterocycles. The van der Waals surface area contributed by atoms with E-state index in [0.717, 1.165) is 23.6 Å². The Balaban J connectivity index is 0.00000264. The number of nitrogens with one attached hydrogen (secondary N) is 1. The first-order valence-corrected chi connectivity index (χ1v) is 8.38. The molecule has 0 heterocycles. The summed E-state index contributed by atoms with van der Waals surface area (Å²) in [4.78, 5) is 11.7. The molecule has 4 nitrogen and oxygen atoms in total. The van der Waals surface area contributed by atoms with E-state index in [1.807, 2.05) is 24.3 Å². The van der Waals surface area contributed by atoms with Crippen LogP contribution < -0.4 is 11.1 Å². The zero-order chi connectivity index (χ0) is 15.8. The summed E-state index contributed by atoms with van der Waals surface area (Å²) in [6.45, 7) is 3.46. The average Bonchev–Trinajstić information content (AvgIpc) is 2.51. The number of ether oxygens (including phenoxy) is 1. The largest absolute Gasteiger partial charge is 0.374 e. The lowest BCUT2D eigenvalue weighted by atomic mass is 9.89. The fourth-order valence-corrected chi connectivity index (χ4v) is 2.97. The SMILES string of the molecule is CC1CCCC(OCc2cccc(NC(=O)CCCN)c2)C1.Cl. The summed E-state index contributed by atoms with van der Waals surface area (Å²) in [7, 11) is 0. The van der Waals surface area contributed by atoms with Crippen molar-refractivity contribution in [2.24, 2.45) is 11.7 Å². The van der Waals surface area contributed by atoms with Gasteiger partial charge in [0.1, 0.15) is 0 Å². The predicted octanol–water partition coefficient (Wildman–Crippen LogP) is 3.88. The van der Waals surface area contributed by atoms with Crippen LogP contribution >= 0.6 is 12.4 Å². The molecule has 2 unspecified atom stereocenters. The Kier molecular flexibility index (Phi) is 9.22. The van der Waals surface area contributed by atoms with Crippen LogP contribution in [-0.4, -0.2) is 18.6 Å². The van der Waals surface area contributed by atoms with Crippen molar-refractivity contribution in [1.29, 1.82) is 0 Å². The third-order valence-electron chi connectivity index (χ3n) is 4.19. The molecule has 0 radical (unpaired) electrons. The summed E-state index contributed by atoms with van der Waals surface area (Å²) >= 11 is 0. The minimum Gasteiger partial charge on any atom is -0.374 e. The zero-order valence-electron chi connectivity index (χ0n) is 13.9. The van der Waals surface area contributed by atoms with Gasteiger partial charge in [0.15, 0.2) is 0 Å². The average molecular weight is 341 g/mol. The Labute approximate surface area is 145 Å². The number of carbonyl (C=O) groups is 1. The van der Waals surface area contributed by atoms with Crippen molar-refractivity contribution in [1.82, 2.24) is 0 Å². The Morgan fingerprint density at radius 3 is 2.96 bits per heavy atom. The van der Waals surface area contributed by atoms with Crippen molar-refractivity contribution < 1.29 is 9.53 Å². The number of hydrogen-bond donors (Lipinski definition) is 2. The molecule has 1 aromatic rings. The minimum absolute atomic E-state index is 0. The summed E-state index contributed by atoms with van der Waals surface area (Å²) < 4.78 is 6.04. The first-order valence-electron chi connectivity index (χ1n) is 8.38. The van der Waals surface area contributed by atoms with Gasteiger partial charge in [0.2, 0.25) is 5.91 Å². The first kappa shape index (κ1) is 19.9. The van der Waals surface area contributed by atoms with Crippen molar-refractivity contribution in [2.45, 2.75) is 58.2 Å². The van der Waals surface area contributed by atoms with Crippen molar-refractivity contribution in [2.75, 3.05) is 11.9 Å². The van der Waals surface area contributed by atoms with E-state index in [4.69, 9.17) is 10.5 Å². The second-order valence-electron chi connectivity index (χ2n) is 6.35. The number of hydrogen-bond acceptors (Lipinski definition) is 3. The van der Waals surface area contributed by atoms with Crippen LogP contribution in [0.25, 0.3) is 0 Å². The second kappa shape index (κ2) is 10.6. The predicted molar refractivity (Wildman–Crippen MR) is 96.8 cm³/mol. The molecular formula is C18H29ClN2O2. The third-order valence-corrected chi connectivity index (χ3v) is 4.19. The molecule has 1 aliphatic rings. The standard InChI is InChI=1S/C18H28N2O2.ClH/c1-14-5-2-8-17(11-14)22-13-15-6-3-7-16(12-15)20-18(21)9-4-10-19;/h3,6-7,12,14,17H,2,4-5,8-11,13,19H2,1H3,(H,20,21);1H. The van der Waals surface area contributed by atoms with Crippen LogP contribution in [0.3, 0.4) is 0 Å². The summed E-state index contributed by atoms with van der Waals surface area (Å²) in [5, 5.41) is 2.91. The molecule has 0 bridgehead atoms. The Morgan fingerprint density at radius 2 is 2.22 bits per heavy atom. The van der Waals surface area contributed by atoms with Gasteiger partial charge in [0.25, 0.3) is 0 Å². The smallest absolute Gasteiger partial charge is 0.224 e. The van der Waals surface area contributed by atoms with E-state index in [1.54, 1.807) is 0 Å². The third kappa shape index (κ3) is 7.34. The van der Waals surface area contributed by atoms with Crippen LogP contribution in [0.2, 0.25) is 0 Å². The van der Waals surface area contributed by atoms with Crippen molar-refractivity contribution in [3.63, 3.8) is 0 Å². The second-order valence-corrected chi connectivity index (χ2v) is 6.35. The van der Waals surface area contributed by atoms with E-state index in [2.05, 4.69) is 12.2 Å². The molecule has 1 aliphatic carbocycles. The monoisotopic (exact) mass is 340 g/mol.